The molecule has 1 radical (unpaired) electrons. The van der Waals surface area contributed by atoms with Crippen molar-refractivity contribution in [3.63, 3.8) is 0 Å². The van der Waals surface area contributed by atoms with Gasteiger partial charge in [0.1, 0.15) is 0 Å². The highest BCUT2D eigenvalue weighted by Crippen LogP contribution is 2.35. The first-order chi connectivity index (χ1) is 15.4. The fourth-order valence-corrected chi connectivity index (χ4v) is 4.56. The lowest BCUT2D eigenvalue weighted by Crippen LogP contribution is -2.11. The first kappa shape index (κ1) is 20.3. The number of hydrogen-bond donors (Lipinski definition) is 1. The van der Waals surface area contributed by atoms with E-state index in [0.29, 0.717) is 17.1 Å². The van der Waals surface area contributed by atoms with Gasteiger partial charge in [-0.2, -0.15) is 0 Å². The maximum Gasteiger partial charge on any atom is 0.249 e. The van der Waals surface area contributed by atoms with Crippen molar-refractivity contribution in [1.29, 1.82) is 0 Å². The Kier molecular flexibility index (Phi) is 4.99. The molecule has 5 aromatic rings. The molecular weight excluding hydrogens is 416 g/mol. The van der Waals surface area contributed by atoms with Crippen LogP contribution in [0, 0.1) is 19.9 Å². The Morgan fingerprint density at radius 2 is 1.75 bits per heavy atom. The molecule has 0 fully saturated rings. The van der Waals surface area contributed by atoms with Crippen molar-refractivity contribution < 1.29 is 4.79 Å². The molecule has 157 valence electrons. The van der Waals surface area contributed by atoms with Gasteiger partial charge in [-0.3, -0.25) is 4.79 Å². The van der Waals surface area contributed by atoms with Crippen LogP contribution in [0.5, 0.6) is 0 Å². The molecule has 5 rings (SSSR count). The highest BCUT2D eigenvalue weighted by molar-refractivity contribution is 6.30. The van der Waals surface area contributed by atoms with Gasteiger partial charge in [0.25, 0.3) is 0 Å². The van der Waals surface area contributed by atoms with E-state index >= 15 is 0 Å². The first-order valence-corrected chi connectivity index (χ1v) is 10.9. The molecule has 4 aromatic carbocycles. The largest absolute Gasteiger partial charge is 0.366 e. The quantitative estimate of drug-likeness (QED) is 0.335. The zero-order valence-electron chi connectivity index (χ0n) is 17.9. The third-order valence-electron chi connectivity index (χ3n) is 6.06. The molecule has 3 nitrogen and oxygen atoms in total. The third-order valence-corrected chi connectivity index (χ3v) is 6.32. The molecule has 0 spiro atoms. The van der Waals surface area contributed by atoms with E-state index < -0.39 is 5.91 Å². The predicted octanol–water partition coefficient (Wildman–Crippen LogP) is 6.68. The summed E-state index contributed by atoms with van der Waals surface area (Å²) in [5.41, 5.74) is 14.1. The Morgan fingerprint density at radius 3 is 2.47 bits per heavy atom. The van der Waals surface area contributed by atoms with Crippen molar-refractivity contribution in [1.82, 2.24) is 4.57 Å². The van der Waals surface area contributed by atoms with Crippen LogP contribution in [0.4, 0.5) is 0 Å². The highest BCUT2D eigenvalue weighted by atomic mass is 35.5. The van der Waals surface area contributed by atoms with E-state index in [9.17, 15) is 4.79 Å². The van der Waals surface area contributed by atoms with Gasteiger partial charge in [0.15, 0.2) is 0 Å². The molecule has 0 aliphatic rings. The Labute approximate surface area is 192 Å². The van der Waals surface area contributed by atoms with Crippen LogP contribution in [0.2, 0.25) is 5.02 Å². The number of fused-ring (bicyclic) bond motifs is 3. The number of rotatable bonds is 4. The minimum Gasteiger partial charge on any atom is -0.366 e. The van der Waals surface area contributed by atoms with Crippen molar-refractivity contribution >= 4 is 39.3 Å². The number of carbonyl (C=O) groups is 1. The second kappa shape index (κ2) is 7.85. The van der Waals surface area contributed by atoms with Crippen LogP contribution in [-0.2, 0) is 6.54 Å². The summed E-state index contributed by atoms with van der Waals surface area (Å²) in [6, 6.07) is 27.6. The summed E-state index contributed by atoms with van der Waals surface area (Å²) in [6.07, 6.45) is 0. The van der Waals surface area contributed by atoms with Crippen molar-refractivity contribution in [2.75, 3.05) is 0 Å². The van der Waals surface area contributed by atoms with Gasteiger partial charge in [0.05, 0.1) is 11.0 Å². The third kappa shape index (κ3) is 3.45. The molecule has 0 saturated heterocycles. The number of nitrogens with zero attached hydrogens (tertiary/aromatic N) is 1. The van der Waals surface area contributed by atoms with E-state index in [1.807, 2.05) is 42.5 Å². The number of hydrogen-bond acceptors (Lipinski definition) is 1. The molecule has 0 saturated carbocycles. The molecule has 0 bridgehead atoms. The van der Waals surface area contributed by atoms with Gasteiger partial charge in [-0.15, -0.1) is 0 Å². The molecule has 0 aliphatic carbocycles. The number of primary amides is 1. The van der Waals surface area contributed by atoms with Crippen LogP contribution in [0.15, 0.2) is 72.8 Å². The van der Waals surface area contributed by atoms with Crippen LogP contribution in [0.25, 0.3) is 32.9 Å². The zero-order chi connectivity index (χ0) is 22.4. The lowest BCUT2D eigenvalue weighted by atomic mass is 10.0. The molecule has 0 aliphatic heterocycles. The summed E-state index contributed by atoms with van der Waals surface area (Å²) in [4.78, 5) is 12.2. The van der Waals surface area contributed by atoms with E-state index in [0.717, 1.165) is 32.9 Å². The van der Waals surface area contributed by atoms with Crippen LogP contribution >= 0.6 is 11.6 Å². The van der Waals surface area contributed by atoms with Crippen molar-refractivity contribution in [3.8, 4) is 11.1 Å². The van der Waals surface area contributed by atoms with Gasteiger partial charge in [-0.05, 0) is 78.6 Å². The van der Waals surface area contributed by atoms with Crippen molar-refractivity contribution in [2.45, 2.75) is 20.4 Å². The SMILES string of the molecule is Cc1ccc(Cn2c3cc(-c4ccc(Cl)cc4)c[c]c3c3c(C(N)=O)cccc32)c(C)c1. The number of aromatic nitrogens is 1. The number of amides is 1. The van der Waals surface area contributed by atoms with Gasteiger partial charge >= 0.3 is 0 Å². The topological polar surface area (TPSA) is 48.0 Å². The van der Waals surface area contributed by atoms with Gasteiger partial charge < -0.3 is 10.3 Å². The number of aryl methyl sites for hydroxylation is 2. The molecular formula is C28H22ClN2O. The standard InChI is InChI=1S/C28H22ClN2O/c1-17-6-7-21(18(2)14-17)16-31-25-5-3-4-24(28(30)32)27(25)23-13-10-20(15-26(23)31)19-8-11-22(29)12-9-19/h3-12,14-15H,16H2,1-2H3,(H2,30,32). The average molecular weight is 438 g/mol. The van der Waals surface area contributed by atoms with E-state index in [1.165, 1.54) is 16.7 Å². The van der Waals surface area contributed by atoms with E-state index in [2.05, 4.69) is 48.7 Å². The normalized spacial score (nSPS) is 11.3. The lowest BCUT2D eigenvalue weighted by molar-refractivity contribution is 0.100. The van der Waals surface area contributed by atoms with Crippen molar-refractivity contribution in [3.05, 3.63) is 106 Å². The van der Waals surface area contributed by atoms with E-state index in [1.54, 1.807) is 6.07 Å². The van der Waals surface area contributed by atoms with Gasteiger partial charge in [-0.25, -0.2) is 0 Å². The molecule has 1 heterocycles. The molecule has 4 heteroatoms. The molecule has 1 amide bonds. The number of halogens is 1. The van der Waals surface area contributed by atoms with Crippen molar-refractivity contribution in [2.24, 2.45) is 5.73 Å². The fourth-order valence-electron chi connectivity index (χ4n) is 4.43. The summed E-state index contributed by atoms with van der Waals surface area (Å²) in [6.45, 7) is 4.92. The maximum absolute atomic E-state index is 12.2. The Hall–Kier alpha value is -3.56. The minimum absolute atomic E-state index is 0.434. The Morgan fingerprint density at radius 1 is 0.969 bits per heavy atom. The summed E-state index contributed by atoms with van der Waals surface area (Å²) >= 11 is 6.08. The smallest absolute Gasteiger partial charge is 0.249 e. The highest BCUT2D eigenvalue weighted by Gasteiger charge is 2.18. The zero-order valence-corrected chi connectivity index (χ0v) is 18.7. The summed E-state index contributed by atoms with van der Waals surface area (Å²) in [7, 11) is 0. The second-order valence-electron chi connectivity index (χ2n) is 8.24. The summed E-state index contributed by atoms with van der Waals surface area (Å²) in [5, 5.41) is 2.45. The second-order valence-corrected chi connectivity index (χ2v) is 8.67. The monoisotopic (exact) mass is 437 g/mol. The summed E-state index contributed by atoms with van der Waals surface area (Å²) < 4.78 is 2.25. The molecule has 1 aromatic heterocycles. The minimum atomic E-state index is -0.434. The fraction of sp³-hybridized carbons (Fsp3) is 0.107. The number of benzene rings is 4. The summed E-state index contributed by atoms with van der Waals surface area (Å²) in [5.74, 6) is -0.434. The Bertz CT molecular complexity index is 1500. The molecule has 0 unspecified atom stereocenters. The van der Waals surface area contributed by atoms with Crippen LogP contribution in [0.1, 0.15) is 27.0 Å². The average Bonchev–Trinajstić information content (AvgIpc) is 3.09. The van der Waals surface area contributed by atoms with Gasteiger partial charge in [0.2, 0.25) is 5.91 Å². The van der Waals surface area contributed by atoms with Crippen LogP contribution in [-0.4, -0.2) is 10.5 Å². The molecule has 32 heavy (non-hydrogen) atoms. The van der Waals surface area contributed by atoms with Crippen LogP contribution in [0.3, 0.4) is 0 Å². The van der Waals surface area contributed by atoms with E-state index in [4.69, 9.17) is 17.3 Å². The molecule has 2 N–H and O–H groups in total. The first-order valence-electron chi connectivity index (χ1n) is 10.5. The number of carbonyl (C=O) groups excluding carboxylic acids is 1. The predicted molar refractivity (Wildman–Crippen MR) is 132 cm³/mol. The number of nitrogens with two attached hydrogens (primary N) is 1. The van der Waals surface area contributed by atoms with Crippen LogP contribution < -0.4 is 5.73 Å². The lowest BCUT2D eigenvalue weighted by Gasteiger charge is -2.12. The molecule has 0 atom stereocenters. The van der Waals surface area contributed by atoms with E-state index in [-0.39, 0.29) is 0 Å². The van der Waals surface area contributed by atoms with Gasteiger partial charge in [0, 0.05) is 27.9 Å². The van der Waals surface area contributed by atoms with Gasteiger partial charge in [-0.1, -0.05) is 53.6 Å². The Balaban J connectivity index is 1.80. The maximum atomic E-state index is 12.2.